The van der Waals surface area contributed by atoms with Crippen molar-refractivity contribution in [2.24, 2.45) is 0 Å². The molecule has 1 heterocycles. The second-order valence-electron chi connectivity index (χ2n) is 7.35. The Kier molecular flexibility index (Phi) is 6.39. The van der Waals surface area contributed by atoms with Gasteiger partial charge in [-0.3, -0.25) is 9.36 Å². The monoisotopic (exact) mass is 444 g/mol. The predicted molar refractivity (Wildman–Crippen MR) is 118 cm³/mol. The molecule has 0 radical (unpaired) electrons. The van der Waals surface area contributed by atoms with Gasteiger partial charge in [0.15, 0.2) is 11.0 Å². The number of hydrogen-bond donors (Lipinski definition) is 1. The molecule has 156 valence electrons. The molecular formula is C22H22ClFN4OS. The lowest BCUT2D eigenvalue weighted by Crippen LogP contribution is -2.23. The Morgan fingerprint density at radius 3 is 2.70 bits per heavy atom. The number of nitrogens with zero attached hydrogens (tertiary/aromatic N) is 3. The third kappa shape index (κ3) is 4.52. The summed E-state index contributed by atoms with van der Waals surface area (Å²) >= 11 is 7.77. The normalized spacial score (nSPS) is 15.3. The molecule has 1 aliphatic rings. The third-order valence-electron chi connectivity index (χ3n) is 5.21. The van der Waals surface area contributed by atoms with E-state index in [9.17, 15) is 9.18 Å². The van der Waals surface area contributed by atoms with E-state index >= 15 is 0 Å². The Bertz CT molecular complexity index is 1050. The van der Waals surface area contributed by atoms with Gasteiger partial charge in [-0.05, 0) is 50.1 Å². The van der Waals surface area contributed by atoms with Crippen LogP contribution in [-0.4, -0.2) is 25.9 Å². The van der Waals surface area contributed by atoms with Crippen molar-refractivity contribution >= 4 is 35.0 Å². The molecule has 1 aromatic heterocycles. The van der Waals surface area contributed by atoms with Gasteiger partial charge < -0.3 is 5.32 Å². The maximum absolute atomic E-state index is 13.4. The van der Waals surface area contributed by atoms with E-state index in [2.05, 4.69) is 20.1 Å². The van der Waals surface area contributed by atoms with E-state index in [0.717, 1.165) is 37.1 Å². The van der Waals surface area contributed by atoms with Gasteiger partial charge in [0.2, 0.25) is 5.91 Å². The molecule has 30 heavy (non-hydrogen) atoms. The number of rotatable bonds is 6. The van der Waals surface area contributed by atoms with Crippen molar-refractivity contribution in [1.29, 1.82) is 0 Å². The number of amides is 1. The summed E-state index contributed by atoms with van der Waals surface area (Å²) in [5, 5.41) is 12.5. The number of nitrogens with one attached hydrogen (secondary N) is 1. The lowest BCUT2D eigenvalue weighted by atomic mass is 10.2. The van der Waals surface area contributed by atoms with E-state index in [-0.39, 0.29) is 11.9 Å². The highest BCUT2D eigenvalue weighted by atomic mass is 35.5. The molecule has 1 fully saturated rings. The highest BCUT2D eigenvalue weighted by molar-refractivity contribution is 8.00. The van der Waals surface area contributed by atoms with Crippen LogP contribution >= 0.6 is 23.4 Å². The number of thioether (sulfide) groups is 1. The Hall–Kier alpha value is -2.38. The van der Waals surface area contributed by atoms with Crippen molar-refractivity contribution in [3.05, 3.63) is 59.4 Å². The maximum atomic E-state index is 13.4. The summed E-state index contributed by atoms with van der Waals surface area (Å²) in [6.07, 6.45) is 4.41. The van der Waals surface area contributed by atoms with Crippen molar-refractivity contribution in [3.63, 3.8) is 0 Å². The fourth-order valence-electron chi connectivity index (χ4n) is 3.70. The molecule has 2 aromatic carbocycles. The molecule has 5 nitrogen and oxygen atoms in total. The summed E-state index contributed by atoms with van der Waals surface area (Å²) in [5.74, 6) is 0.122. The van der Waals surface area contributed by atoms with Gasteiger partial charge in [0.05, 0.1) is 10.3 Å². The highest BCUT2D eigenvalue weighted by Crippen LogP contribution is 2.39. The van der Waals surface area contributed by atoms with Gasteiger partial charge in [0, 0.05) is 17.3 Å². The molecule has 1 unspecified atom stereocenters. The number of benzene rings is 2. The zero-order valence-corrected chi connectivity index (χ0v) is 18.1. The molecular weight excluding hydrogens is 423 g/mol. The average molecular weight is 445 g/mol. The standard InChI is InChI=1S/C22H22ClFN4OS/c1-14(21(29)25-16-8-6-7-15(24)13-16)30-22-27-26-20(18-11-4-5-12-19(18)23)28(22)17-9-2-3-10-17/h4-8,11-14,17H,2-3,9-10H2,1H3,(H,25,29). The second-order valence-corrected chi connectivity index (χ2v) is 9.07. The Morgan fingerprint density at radius 2 is 1.97 bits per heavy atom. The summed E-state index contributed by atoms with van der Waals surface area (Å²) in [6, 6.07) is 13.7. The van der Waals surface area contributed by atoms with Crippen LogP contribution in [0.1, 0.15) is 38.6 Å². The van der Waals surface area contributed by atoms with E-state index in [1.54, 1.807) is 12.1 Å². The van der Waals surface area contributed by atoms with Crippen molar-refractivity contribution in [2.45, 2.75) is 49.1 Å². The quantitative estimate of drug-likeness (QED) is 0.475. The SMILES string of the molecule is CC(Sc1nnc(-c2ccccc2Cl)n1C1CCCC1)C(=O)Nc1cccc(F)c1. The van der Waals surface area contributed by atoms with Crippen molar-refractivity contribution in [3.8, 4) is 11.4 Å². The number of aromatic nitrogens is 3. The molecule has 1 atom stereocenters. The predicted octanol–water partition coefficient (Wildman–Crippen LogP) is 5.97. The van der Waals surface area contributed by atoms with E-state index < -0.39 is 11.1 Å². The smallest absolute Gasteiger partial charge is 0.237 e. The largest absolute Gasteiger partial charge is 0.325 e. The molecule has 1 aliphatic carbocycles. The number of halogens is 2. The summed E-state index contributed by atoms with van der Waals surface area (Å²) in [5.41, 5.74) is 1.27. The van der Waals surface area contributed by atoms with Crippen LogP contribution in [0.3, 0.4) is 0 Å². The summed E-state index contributed by atoms with van der Waals surface area (Å²) in [7, 11) is 0. The Labute approximate surface area is 184 Å². The number of hydrogen-bond acceptors (Lipinski definition) is 4. The van der Waals surface area contributed by atoms with E-state index in [4.69, 9.17) is 11.6 Å². The first-order valence-corrected chi connectivity index (χ1v) is 11.2. The minimum atomic E-state index is -0.434. The molecule has 1 saturated carbocycles. The van der Waals surface area contributed by atoms with Crippen LogP contribution in [0.15, 0.2) is 53.7 Å². The fraction of sp³-hybridized carbons (Fsp3) is 0.318. The van der Waals surface area contributed by atoms with Gasteiger partial charge in [-0.25, -0.2) is 4.39 Å². The van der Waals surface area contributed by atoms with Crippen LogP contribution in [0.5, 0.6) is 0 Å². The van der Waals surface area contributed by atoms with Gasteiger partial charge in [-0.2, -0.15) is 0 Å². The van der Waals surface area contributed by atoms with Gasteiger partial charge >= 0.3 is 0 Å². The molecule has 3 aromatic rings. The number of anilines is 1. The van der Waals surface area contributed by atoms with Crippen LogP contribution in [0.4, 0.5) is 10.1 Å². The molecule has 0 saturated heterocycles. The zero-order chi connectivity index (χ0) is 21.1. The van der Waals surface area contributed by atoms with E-state index in [1.165, 1.54) is 23.9 Å². The molecule has 1 N–H and O–H groups in total. The number of carbonyl (C=O) groups excluding carboxylic acids is 1. The second kappa shape index (κ2) is 9.18. The van der Waals surface area contributed by atoms with E-state index in [0.29, 0.717) is 15.9 Å². The van der Waals surface area contributed by atoms with Crippen LogP contribution < -0.4 is 5.32 Å². The summed E-state index contributed by atoms with van der Waals surface area (Å²) < 4.78 is 15.5. The van der Waals surface area contributed by atoms with E-state index in [1.807, 2.05) is 31.2 Å². The average Bonchev–Trinajstić information content (AvgIpc) is 3.38. The molecule has 0 aliphatic heterocycles. The molecule has 4 rings (SSSR count). The van der Waals surface area contributed by atoms with Gasteiger partial charge in [-0.1, -0.05) is 54.4 Å². The zero-order valence-electron chi connectivity index (χ0n) is 16.5. The first kappa shape index (κ1) is 20.9. The Balaban J connectivity index is 1.59. The van der Waals surface area contributed by atoms with Gasteiger partial charge in [0.1, 0.15) is 5.82 Å². The van der Waals surface area contributed by atoms with Gasteiger partial charge in [-0.15, -0.1) is 10.2 Å². The molecule has 0 spiro atoms. The minimum Gasteiger partial charge on any atom is -0.325 e. The first-order chi connectivity index (χ1) is 14.5. The summed E-state index contributed by atoms with van der Waals surface area (Å²) in [4.78, 5) is 12.7. The highest BCUT2D eigenvalue weighted by Gasteiger charge is 2.28. The lowest BCUT2D eigenvalue weighted by molar-refractivity contribution is -0.115. The molecule has 1 amide bonds. The molecule has 0 bridgehead atoms. The van der Waals surface area contributed by atoms with Crippen LogP contribution in [0.2, 0.25) is 5.02 Å². The van der Waals surface area contributed by atoms with Crippen LogP contribution in [-0.2, 0) is 4.79 Å². The van der Waals surface area contributed by atoms with Crippen LogP contribution in [0, 0.1) is 5.82 Å². The molecule has 8 heteroatoms. The minimum absolute atomic E-state index is 0.217. The van der Waals surface area contributed by atoms with Crippen molar-refractivity contribution < 1.29 is 9.18 Å². The topological polar surface area (TPSA) is 59.8 Å². The maximum Gasteiger partial charge on any atom is 0.237 e. The van der Waals surface area contributed by atoms with Crippen molar-refractivity contribution in [1.82, 2.24) is 14.8 Å². The fourth-order valence-corrected chi connectivity index (χ4v) is 4.84. The lowest BCUT2D eigenvalue weighted by Gasteiger charge is -2.19. The van der Waals surface area contributed by atoms with Crippen LogP contribution in [0.25, 0.3) is 11.4 Å². The number of carbonyl (C=O) groups is 1. The Morgan fingerprint density at radius 1 is 1.20 bits per heavy atom. The summed E-state index contributed by atoms with van der Waals surface area (Å²) in [6.45, 7) is 1.81. The first-order valence-electron chi connectivity index (χ1n) is 9.96. The van der Waals surface area contributed by atoms with Gasteiger partial charge in [0.25, 0.3) is 0 Å². The van der Waals surface area contributed by atoms with Crippen molar-refractivity contribution in [2.75, 3.05) is 5.32 Å². The third-order valence-corrected chi connectivity index (χ3v) is 6.60.